The number of hydrogen-bond donors (Lipinski definition) is 3. The number of rotatable bonds is 10. The van der Waals surface area contributed by atoms with Crippen molar-refractivity contribution in [3.05, 3.63) is 95.4 Å². The number of amides is 3. The zero-order chi connectivity index (χ0) is 38.3. The summed E-state index contributed by atoms with van der Waals surface area (Å²) in [5.41, 5.74) is 6.14. The number of imide groups is 1. The summed E-state index contributed by atoms with van der Waals surface area (Å²) in [7, 11) is 2.02. The number of halogens is 1. The molecule has 3 fully saturated rings. The number of piperidine rings is 2. The molecule has 0 spiro atoms. The fourth-order valence-corrected chi connectivity index (χ4v) is 8.81. The predicted octanol–water partition coefficient (Wildman–Crippen LogP) is 6.43. The van der Waals surface area contributed by atoms with Crippen LogP contribution in [0, 0.1) is 5.82 Å². The molecule has 1 atom stereocenters. The zero-order valence-corrected chi connectivity index (χ0v) is 31.4. The molecule has 0 radical (unpaired) electrons. The minimum atomic E-state index is -0.724. The van der Waals surface area contributed by atoms with E-state index in [1.54, 1.807) is 12.3 Å². The van der Waals surface area contributed by atoms with Gasteiger partial charge in [0.15, 0.2) is 5.65 Å². The summed E-state index contributed by atoms with van der Waals surface area (Å²) in [5.74, 6) is -0.282. The molecule has 3 amide bonds. The molecule has 13 nitrogen and oxygen atoms in total. The Kier molecular flexibility index (Phi) is 9.57. The van der Waals surface area contributed by atoms with Gasteiger partial charge in [-0.1, -0.05) is 31.0 Å². The highest BCUT2D eigenvalue weighted by Crippen LogP contribution is 2.36. The lowest BCUT2D eigenvalue weighted by molar-refractivity contribution is -0.136. The molecule has 3 aliphatic heterocycles. The van der Waals surface area contributed by atoms with Gasteiger partial charge in [0.2, 0.25) is 23.7 Å². The van der Waals surface area contributed by atoms with E-state index in [-0.39, 0.29) is 37.2 Å². The first-order valence-corrected chi connectivity index (χ1v) is 19.6. The first-order chi connectivity index (χ1) is 27.3. The second-order valence-corrected chi connectivity index (χ2v) is 15.4. The van der Waals surface area contributed by atoms with Gasteiger partial charge in [-0.25, -0.2) is 14.4 Å². The lowest BCUT2D eigenvalue weighted by Gasteiger charge is -2.38. The van der Waals surface area contributed by atoms with Gasteiger partial charge in [-0.3, -0.25) is 29.2 Å². The fraction of sp³-hybridized carbons (Fsp3) is 0.381. The fourth-order valence-electron chi connectivity index (χ4n) is 8.81. The van der Waals surface area contributed by atoms with Crippen molar-refractivity contribution in [2.24, 2.45) is 0 Å². The maximum absolute atomic E-state index is 15.4. The minimum absolute atomic E-state index is 0.179. The number of nitrogens with one attached hydrogen (secondary N) is 3. The highest BCUT2D eigenvalue weighted by atomic mass is 19.1. The summed E-state index contributed by atoms with van der Waals surface area (Å²) >= 11 is 0. The van der Waals surface area contributed by atoms with Crippen LogP contribution in [-0.4, -0.2) is 79.3 Å². The molecule has 1 saturated carbocycles. The van der Waals surface area contributed by atoms with Crippen molar-refractivity contribution >= 4 is 57.8 Å². The Morgan fingerprint density at radius 3 is 2.39 bits per heavy atom. The topological polar surface area (TPSA) is 141 Å². The molecule has 1 unspecified atom stereocenters. The summed E-state index contributed by atoms with van der Waals surface area (Å²) in [6.45, 7) is 2.38. The first kappa shape index (κ1) is 35.8. The minimum Gasteiger partial charge on any atom is -0.371 e. The average molecular weight is 757 g/mol. The van der Waals surface area contributed by atoms with Gasteiger partial charge >= 0.3 is 0 Å². The van der Waals surface area contributed by atoms with Gasteiger partial charge in [-0.2, -0.15) is 4.98 Å². The van der Waals surface area contributed by atoms with E-state index in [0.717, 1.165) is 72.9 Å². The van der Waals surface area contributed by atoms with Gasteiger partial charge in [0.1, 0.15) is 17.4 Å². The number of carbonyl (C=O) groups excluding carboxylic acids is 3. The third-order valence-corrected chi connectivity index (χ3v) is 11.8. The monoisotopic (exact) mass is 756 g/mol. The van der Waals surface area contributed by atoms with Gasteiger partial charge in [0.25, 0.3) is 5.91 Å². The number of benzene rings is 3. The highest BCUT2D eigenvalue weighted by molar-refractivity contribution is 6.05. The Hall–Kier alpha value is -5.89. The quantitative estimate of drug-likeness (QED) is 0.137. The third-order valence-electron chi connectivity index (χ3n) is 11.8. The van der Waals surface area contributed by atoms with Crippen LogP contribution in [0.1, 0.15) is 78.9 Å². The third kappa shape index (κ3) is 7.04. The maximum atomic E-state index is 15.4. The van der Waals surface area contributed by atoms with E-state index in [1.807, 2.05) is 37.4 Å². The van der Waals surface area contributed by atoms with Crippen molar-refractivity contribution in [2.75, 3.05) is 35.7 Å². The van der Waals surface area contributed by atoms with Crippen LogP contribution < -0.4 is 20.9 Å². The number of fused-ring (bicyclic) bond motifs is 2. The van der Waals surface area contributed by atoms with Gasteiger partial charge in [0, 0.05) is 72.9 Å². The lowest BCUT2D eigenvalue weighted by atomic mass is 10.0. The number of carbonyl (C=O) groups is 3. The van der Waals surface area contributed by atoms with E-state index in [0.29, 0.717) is 35.2 Å². The van der Waals surface area contributed by atoms with E-state index in [9.17, 15) is 14.4 Å². The van der Waals surface area contributed by atoms with Crippen molar-refractivity contribution in [3.8, 4) is 0 Å². The van der Waals surface area contributed by atoms with Crippen molar-refractivity contribution < 1.29 is 18.8 Å². The Bertz CT molecular complexity index is 2280. The number of hydrogen-bond acceptors (Lipinski definition) is 10. The number of imidazole rings is 1. The second kappa shape index (κ2) is 15.0. The SMILES string of the molecule is CN(Cc1cc2c(cc1F)C(=O)N(C1CCC(=O)NC1=O)C2)C1CCN(c2ccc(Nc3ncc4nc(Nc5ccccc5)n(C5CCCC5)c4n3)cc2)CC1. The zero-order valence-electron chi connectivity index (χ0n) is 31.4. The molecule has 2 aromatic heterocycles. The summed E-state index contributed by atoms with van der Waals surface area (Å²) in [4.78, 5) is 57.6. The summed E-state index contributed by atoms with van der Waals surface area (Å²) in [6, 6.07) is 21.4. The largest absolute Gasteiger partial charge is 0.371 e. The molecular weight excluding hydrogens is 712 g/mol. The molecule has 0 bridgehead atoms. The summed E-state index contributed by atoms with van der Waals surface area (Å²) in [5, 5.41) is 9.22. The van der Waals surface area contributed by atoms with Crippen molar-refractivity contribution in [1.82, 2.24) is 34.6 Å². The van der Waals surface area contributed by atoms with Gasteiger partial charge in [-0.05, 0) is 93.2 Å². The van der Waals surface area contributed by atoms with Crippen molar-refractivity contribution in [2.45, 2.75) is 82.6 Å². The molecule has 288 valence electrons. The summed E-state index contributed by atoms with van der Waals surface area (Å²) in [6.07, 6.45) is 8.68. The molecule has 5 aromatic rings. The molecule has 4 aliphatic rings. The van der Waals surface area contributed by atoms with Crippen LogP contribution in [0.5, 0.6) is 0 Å². The highest BCUT2D eigenvalue weighted by Gasteiger charge is 2.39. The van der Waals surface area contributed by atoms with E-state index in [2.05, 4.69) is 59.6 Å². The number of aromatic nitrogens is 4. The molecular formula is C42H45FN10O3. The average Bonchev–Trinajstić information content (AvgIpc) is 3.93. The molecule has 3 aromatic carbocycles. The van der Waals surface area contributed by atoms with E-state index in [4.69, 9.17) is 9.97 Å². The van der Waals surface area contributed by atoms with Crippen LogP contribution in [0.2, 0.25) is 0 Å². The van der Waals surface area contributed by atoms with E-state index >= 15 is 4.39 Å². The van der Waals surface area contributed by atoms with Gasteiger partial charge in [0.05, 0.1) is 6.20 Å². The van der Waals surface area contributed by atoms with Crippen molar-refractivity contribution in [1.29, 1.82) is 0 Å². The van der Waals surface area contributed by atoms with Gasteiger partial charge < -0.3 is 20.4 Å². The Morgan fingerprint density at radius 1 is 0.893 bits per heavy atom. The van der Waals surface area contributed by atoms with Crippen LogP contribution in [-0.2, 0) is 22.7 Å². The number of para-hydroxylation sites is 1. The predicted molar refractivity (Wildman–Crippen MR) is 211 cm³/mol. The number of nitrogens with zero attached hydrogens (tertiary/aromatic N) is 7. The first-order valence-electron chi connectivity index (χ1n) is 19.6. The molecule has 1 aliphatic carbocycles. The molecule has 5 heterocycles. The Labute approximate surface area is 324 Å². The van der Waals surface area contributed by atoms with Crippen molar-refractivity contribution in [3.63, 3.8) is 0 Å². The molecule has 2 saturated heterocycles. The summed E-state index contributed by atoms with van der Waals surface area (Å²) < 4.78 is 17.6. The molecule has 9 rings (SSSR count). The van der Waals surface area contributed by atoms with Crippen LogP contribution in [0.3, 0.4) is 0 Å². The maximum Gasteiger partial charge on any atom is 0.255 e. The lowest BCUT2D eigenvalue weighted by Crippen LogP contribution is -2.52. The van der Waals surface area contributed by atoms with Crippen LogP contribution >= 0.6 is 0 Å². The second-order valence-electron chi connectivity index (χ2n) is 15.4. The van der Waals surface area contributed by atoms with Crippen LogP contribution in [0.4, 0.5) is 33.3 Å². The molecule has 14 heteroatoms. The standard InChI is InChI=1S/C42H45FN10O3/c1-50(24-27-21-26-25-52(40(56)33(26)22-34(27)43)36-15-16-37(54)48-39(36)55)30-17-19-51(20-18-30)31-13-11-29(12-14-31)45-41-44-23-35-38(49-41)53(32-9-5-6-10-32)42(47-35)46-28-7-3-2-4-8-28/h2-4,7-8,11-14,21-23,30,32,36H,5-6,9-10,15-20,24-25H2,1H3,(H,46,47)(H,44,45,49)(H,48,54,55). The molecule has 3 N–H and O–H groups in total. The smallest absolute Gasteiger partial charge is 0.255 e. The van der Waals surface area contributed by atoms with Crippen LogP contribution in [0.15, 0.2) is 72.9 Å². The van der Waals surface area contributed by atoms with E-state index in [1.165, 1.54) is 23.8 Å². The molecule has 56 heavy (non-hydrogen) atoms. The normalized spacial score (nSPS) is 19.3. The van der Waals surface area contributed by atoms with Gasteiger partial charge in [-0.15, -0.1) is 0 Å². The number of anilines is 5. The Morgan fingerprint density at radius 2 is 1.64 bits per heavy atom. The van der Waals surface area contributed by atoms with E-state index < -0.39 is 17.8 Å². The van der Waals surface area contributed by atoms with Crippen LogP contribution in [0.25, 0.3) is 11.2 Å². The Balaban J connectivity index is 0.815.